The van der Waals surface area contributed by atoms with Crippen LogP contribution in [0.25, 0.3) is 10.9 Å². The molecule has 184 valence electrons. The van der Waals surface area contributed by atoms with Crippen molar-refractivity contribution in [2.75, 3.05) is 6.54 Å². The molecule has 0 unspecified atom stereocenters. The summed E-state index contributed by atoms with van der Waals surface area (Å²) in [5.41, 5.74) is 1.66. The molecule has 2 aromatic carbocycles. The first kappa shape index (κ1) is 24.5. The maximum Gasteiger partial charge on any atom is 0.405 e. The third-order valence-corrected chi connectivity index (χ3v) is 6.31. The van der Waals surface area contributed by atoms with Crippen LogP contribution >= 0.6 is 11.6 Å². The average Bonchev–Trinajstić information content (AvgIpc) is 3.42. The number of nitrogens with one attached hydrogen (secondary N) is 3. The first-order chi connectivity index (χ1) is 16.7. The summed E-state index contributed by atoms with van der Waals surface area (Å²) in [4.78, 5) is 41.7. The Morgan fingerprint density at radius 1 is 1.17 bits per heavy atom. The van der Waals surface area contributed by atoms with Crippen LogP contribution in [0.4, 0.5) is 13.6 Å². The third-order valence-electron chi connectivity index (χ3n) is 6.02. The number of carbonyl (C=O) groups excluding carboxylic acids is 2. The van der Waals surface area contributed by atoms with E-state index in [1.54, 1.807) is 6.20 Å². The molecule has 4 N–H and O–H groups in total. The number of fused-ring (bicyclic) bond motifs is 1. The zero-order chi connectivity index (χ0) is 25.1. The summed E-state index contributed by atoms with van der Waals surface area (Å²) in [6, 6.07) is 9.28. The quantitative estimate of drug-likeness (QED) is 0.395. The lowest BCUT2D eigenvalue weighted by Gasteiger charge is -2.28. The molecule has 0 bridgehead atoms. The Morgan fingerprint density at radius 2 is 1.94 bits per heavy atom. The molecule has 3 amide bonds. The smallest absolute Gasteiger partial charge is 0.405 e. The van der Waals surface area contributed by atoms with Crippen LogP contribution < -0.4 is 10.6 Å². The monoisotopic (exact) mass is 504 g/mol. The van der Waals surface area contributed by atoms with Gasteiger partial charge < -0.3 is 25.6 Å². The molecule has 0 saturated carbocycles. The number of likely N-dealkylation sites (tertiary alicyclic amines) is 1. The fourth-order valence-electron chi connectivity index (χ4n) is 4.33. The second-order valence-corrected chi connectivity index (χ2v) is 8.74. The number of hydrogen-bond donors (Lipinski definition) is 4. The van der Waals surface area contributed by atoms with Gasteiger partial charge in [-0.25, -0.2) is 13.6 Å². The van der Waals surface area contributed by atoms with E-state index in [1.165, 1.54) is 18.2 Å². The van der Waals surface area contributed by atoms with Crippen molar-refractivity contribution in [1.82, 2.24) is 20.5 Å². The van der Waals surface area contributed by atoms with Gasteiger partial charge >= 0.3 is 6.09 Å². The normalized spacial score (nSPS) is 18.4. The van der Waals surface area contributed by atoms with Crippen LogP contribution in [-0.2, 0) is 22.6 Å². The SMILES string of the molecule is O=C(O)N[C@@H](Cc1c[nH]c2ccccc12)C(=O)N1C[C@H](F)C[C@H]1C(=O)NCc1cccc(Cl)c1F. The Bertz CT molecular complexity index is 1270. The Morgan fingerprint density at radius 3 is 2.71 bits per heavy atom. The molecule has 11 heteroatoms. The Kier molecular flexibility index (Phi) is 7.20. The number of benzene rings is 2. The molecular weight excluding hydrogens is 482 g/mol. The summed E-state index contributed by atoms with van der Waals surface area (Å²) in [6.07, 6.45) is -1.44. The lowest BCUT2D eigenvalue weighted by Crippen LogP contribution is -2.54. The molecule has 1 fully saturated rings. The van der Waals surface area contributed by atoms with E-state index in [4.69, 9.17) is 11.6 Å². The largest absolute Gasteiger partial charge is 0.465 e. The minimum absolute atomic E-state index is 0.00463. The molecule has 8 nitrogen and oxygen atoms in total. The van der Waals surface area contributed by atoms with E-state index in [-0.39, 0.29) is 36.5 Å². The molecule has 3 aromatic rings. The maximum absolute atomic E-state index is 14.3. The summed E-state index contributed by atoms with van der Waals surface area (Å²) in [7, 11) is 0. The van der Waals surface area contributed by atoms with Crippen molar-refractivity contribution in [3.05, 3.63) is 70.6 Å². The average molecular weight is 505 g/mol. The van der Waals surface area contributed by atoms with Gasteiger partial charge in [0.2, 0.25) is 11.8 Å². The summed E-state index contributed by atoms with van der Waals surface area (Å²) in [5.74, 6) is -2.06. The number of aromatic nitrogens is 1. The van der Waals surface area contributed by atoms with Crippen LogP contribution in [0.15, 0.2) is 48.7 Å². The first-order valence-electron chi connectivity index (χ1n) is 10.9. The molecule has 1 aliphatic heterocycles. The zero-order valence-electron chi connectivity index (χ0n) is 18.4. The van der Waals surface area contributed by atoms with Gasteiger partial charge in [-0.3, -0.25) is 9.59 Å². The number of para-hydroxylation sites is 1. The molecule has 3 atom stereocenters. The van der Waals surface area contributed by atoms with Crippen molar-refractivity contribution in [3.8, 4) is 0 Å². The molecule has 0 spiro atoms. The molecule has 0 aliphatic carbocycles. The number of amides is 3. The highest BCUT2D eigenvalue weighted by Gasteiger charge is 2.42. The van der Waals surface area contributed by atoms with Gasteiger partial charge in [0.1, 0.15) is 24.1 Å². The van der Waals surface area contributed by atoms with Crippen molar-refractivity contribution in [3.63, 3.8) is 0 Å². The Hall–Kier alpha value is -3.66. The van der Waals surface area contributed by atoms with Crippen LogP contribution in [0.3, 0.4) is 0 Å². The molecule has 2 heterocycles. The number of carbonyl (C=O) groups is 3. The molecule has 35 heavy (non-hydrogen) atoms. The predicted molar refractivity (Wildman–Crippen MR) is 125 cm³/mol. The van der Waals surface area contributed by atoms with E-state index in [0.29, 0.717) is 5.56 Å². The molecule has 4 rings (SSSR count). The third kappa shape index (κ3) is 5.37. The minimum atomic E-state index is -1.46. The number of aromatic amines is 1. The van der Waals surface area contributed by atoms with Gasteiger partial charge in [-0.1, -0.05) is 41.9 Å². The maximum atomic E-state index is 14.3. The molecule has 1 aromatic heterocycles. The van der Waals surface area contributed by atoms with E-state index in [1.807, 2.05) is 24.3 Å². The van der Waals surface area contributed by atoms with Crippen LogP contribution in [0.2, 0.25) is 5.02 Å². The van der Waals surface area contributed by atoms with Gasteiger partial charge in [-0.15, -0.1) is 0 Å². The lowest BCUT2D eigenvalue weighted by molar-refractivity contribution is -0.140. The van der Waals surface area contributed by atoms with E-state index >= 15 is 0 Å². The Balaban J connectivity index is 1.51. The fourth-order valence-corrected chi connectivity index (χ4v) is 4.53. The Labute approximate surface area is 204 Å². The van der Waals surface area contributed by atoms with Gasteiger partial charge in [0.25, 0.3) is 0 Å². The number of alkyl halides is 1. The number of halogens is 3. The van der Waals surface area contributed by atoms with Crippen LogP contribution in [0.5, 0.6) is 0 Å². The predicted octanol–water partition coefficient (Wildman–Crippen LogP) is 3.39. The van der Waals surface area contributed by atoms with E-state index in [9.17, 15) is 28.3 Å². The molecule has 0 radical (unpaired) electrons. The van der Waals surface area contributed by atoms with Crippen molar-refractivity contribution in [2.24, 2.45) is 0 Å². The van der Waals surface area contributed by atoms with E-state index in [2.05, 4.69) is 15.6 Å². The second-order valence-electron chi connectivity index (χ2n) is 8.34. The van der Waals surface area contributed by atoms with Gasteiger partial charge in [-0.2, -0.15) is 0 Å². The first-order valence-corrected chi connectivity index (χ1v) is 11.3. The zero-order valence-corrected chi connectivity index (χ0v) is 19.2. The number of rotatable bonds is 7. The number of nitrogens with zero attached hydrogens (tertiary/aromatic N) is 1. The van der Waals surface area contributed by atoms with Gasteiger partial charge in [0, 0.05) is 42.0 Å². The van der Waals surface area contributed by atoms with Crippen molar-refractivity contribution < 1.29 is 28.3 Å². The van der Waals surface area contributed by atoms with E-state index in [0.717, 1.165) is 15.8 Å². The number of hydrogen-bond acceptors (Lipinski definition) is 3. The summed E-state index contributed by atoms with van der Waals surface area (Å²) >= 11 is 5.76. The standard InChI is InChI=1S/C24H23ClF2N4O4/c25-17-6-3-4-13(21(17)27)10-29-22(32)20-9-15(26)12-31(20)23(33)19(30-24(34)35)8-14-11-28-18-7-2-1-5-16(14)18/h1-7,11,15,19-20,28,30H,8-10,12H2,(H,29,32)(H,34,35)/t15-,19+,20+/m1/s1. The molecular formula is C24H23ClF2N4O4. The van der Waals surface area contributed by atoms with Gasteiger partial charge in [0.15, 0.2) is 0 Å². The number of H-pyrrole nitrogens is 1. The number of carboxylic acid groups (broad SMARTS) is 1. The van der Waals surface area contributed by atoms with Gasteiger partial charge in [0.05, 0.1) is 11.6 Å². The summed E-state index contributed by atoms with van der Waals surface area (Å²) < 4.78 is 28.5. The van der Waals surface area contributed by atoms with Crippen LogP contribution in [0.1, 0.15) is 17.5 Å². The lowest BCUT2D eigenvalue weighted by atomic mass is 10.0. The van der Waals surface area contributed by atoms with Crippen LogP contribution in [0, 0.1) is 5.82 Å². The van der Waals surface area contributed by atoms with Gasteiger partial charge in [-0.05, 0) is 17.7 Å². The highest BCUT2D eigenvalue weighted by Crippen LogP contribution is 2.25. The molecule has 1 aliphatic rings. The molecule has 1 saturated heterocycles. The topological polar surface area (TPSA) is 115 Å². The van der Waals surface area contributed by atoms with Crippen LogP contribution in [-0.4, -0.2) is 57.7 Å². The second kappa shape index (κ2) is 10.3. The highest BCUT2D eigenvalue weighted by molar-refractivity contribution is 6.30. The fraction of sp³-hybridized carbons (Fsp3) is 0.292. The summed E-state index contributed by atoms with van der Waals surface area (Å²) in [5, 5.41) is 14.8. The van der Waals surface area contributed by atoms with E-state index < -0.39 is 42.0 Å². The van der Waals surface area contributed by atoms with Crippen molar-refractivity contribution >= 4 is 40.4 Å². The van der Waals surface area contributed by atoms with Crippen molar-refractivity contribution in [2.45, 2.75) is 37.6 Å². The minimum Gasteiger partial charge on any atom is -0.465 e. The highest BCUT2D eigenvalue weighted by atomic mass is 35.5. The van der Waals surface area contributed by atoms with Crippen molar-refractivity contribution in [1.29, 1.82) is 0 Å². The summed E-state index contributed by atoms with van der Waals surface area (Å²) in [6.45, 7) is -0.555.